The van der Waals surface area contributed by atoms with Crippen molar-refractivity contribution in [1.82, 2.24) is 24.7 Å². The number of halogens is 1. The van der Waals surface area contributed by atoms with Crippen molar-refractivity contribution in [3.63, 3.8) is 0 Å². The van der Waals surface area contributed by atoms with Crippen molar-refractivity contribution in [2.24, 2.45) is 11.8 Å². The van der Waals surface area contributed by atoms with E-state index in [0.717, 1.165) is 69.5 Å². The molecule has 0 aliphatic carbocycles. The average molecular weight is 534 g/mol. The smallest absolute Gasteiger partial charge is 0.253 e. The van der Waals surface area contributed by atoms with E-state index in [1.54, 1.807) is 13.0 Å². The molecule has 2 saturated heterocycles. The molecule has 2 aliphatic heterocycles. The molecular formula is C31H40FN5O2. The Morgan fingerprint density at radius 2 is 1.85 bits per heavy atom. The van der Waals surface area contributed by atoms with Crippen LogP contribution in [0.1, 0.15) is 61.5 Å². The normalized spacial score (nSPS) is 18.8. The zero-order chi connectivity index (χ0) is 27.7. The lowest BCUT2D eigenvalue weighted by atomic mass is 9.96. The number of piperidine rings is 1. The molecule has 1 aromatic carbocycles. The molecule has 0 saturated carbocycles. The molecule has 1 atom stereocenters. The van der Waals surface area contributed by atoms with Crippen molar-refractivity contribution in [2.45, 2.75) is 59.4 Å². The second-order valence-electron chi connectivity index (χ2n) is 11.7. The number of aromatic nitrogens is 2. The Hall–Kier alpha value is -3.26. The van der Waals surface area contributed by atoms with Crippen LogP contribution in [0.15, 0.2) is 36.8 Å². The number of nitrogens with one attached hydrogen (secondary N) is 1. The van der Waals surface area contributed by atoms with Crippen LogP contribution < -0.4 is 5.32 Å². The maximum atomic E-state index is 14.3. The van der Waals surface area contributed by atoms with Gasteiger partial charge in [-0.05, 0) is 94.2 Å². The van der Waals surface area contributed by atoms with Gasteiger partial charge in [0, 0.05) is 56.9 Å². The minimum absolute atomic E-state index is 0.0542. The van der Waals surface area contributed by atoms with Crippen LogP contribution in [-0.4, -0.2) is 69.9 Å². The summed E-state index contributed by atoms with van der Waals surface area (Å²) in [5.41, 5.74) is 4.25. The molecule has 8 heteroatoms. The van der Waals surface area contributed by atoms with E-state index in [0.29, 0.717) is 23.1 Å². The topological polar surface area (TPSA) is 70.5 Å². The number of carbonyl (C=O) groups is 2. The standard InChI is InChI=1S/C31H40FN5O2/c1-20(2)34-31(39)27-14-26(32)5-6-28(27)37-19-25(30-21(3)15-33-16-29(30)37)13-24-7-10-35(18-24)17-23-8-11-36(12-9-23)22(4)38/h5-6,14-16,19-20,23-24H,7-13,17-18H2,1-4H3,(H,34,39)/t24-/m0/s1. The van der Waals surface area contributed by atoms with E-state index in [1.807, 2.05) is 35.7 Å². The summed E-state index contributed by atoms with van der Waals surface area (Å²) in [4.78, 5) is 33.7. The quantitative estimate of drug-likeness (QED) is 0.477. The van der Waals surface area contributed by atoms with E-state index >= 15 is 0 Å². The van der Waals surface area contributed by atoms with Gasteiger partial charge in [0.2, 0.25) is 5.91 Å². The maximum Gasteiger partial charge on any atom is 0.253 e. The fourth-order valence-electron chi connectivity index (χ4n) is 6.39. The summed E-state index contributed by atoms with van der Waals surface area (Å²) in [7, 11) is 0. The van der Waals surface area contributed by atoms with Crippen molar-refractivity contribution in [3.05, 3.63) is 59.3 Å². The monoisotopic (exact) mass is 533 g/mol. The Kier molecular flexibility index (Phi) is 8.03. The molecule has 208 valence electrons. The first kappa shape index (κ1) is 27.3. The van der Waals surface area contributed by atoms with Crippen molar-refractivity contribution < 1.29 is 14.0 Å². The molecule has 0 bridgehead atoms. The van der Waals surface area contributed by atoms with Gasteiger partial charge in [0.05, 0.1) is 23.0 Å². The molecule has 0 unspecified atom stereocenters. The largest absolute Gasteiger partial charge is 0.350 e. The van der Waals surface area contributed by atoms with Crippen molar-refractivity contribution in [3.8, 4) is 5.69 Å². The van der Waals surface area contributed by atoms with Crippen molar-refractivity contribution >= 4 is 22.7 Å². The molecule has 7 nitrogen and oxygen atoms in total. The van der Waals surface area contributed by atoms with E-state index in [9.17, 15) is 14.0 Å². The zero-order valence-electron chi connectivity index (χ0n) is 23.5. The summed E-state index contributed by atoms with van der Waals surface area (Å²) in [5, 5.41) is 4.07. The number of hydrogen-bond donors (Lipinski definition) is 1. The maximum absolute atomic E-state index is 14.3. The van der Waals surface area contributed by atoms with Gasteiger partial charge in [0.15, 0.2) is 0 Å². The lowest BCUT2D eigenvalue weighted by molar-refractivity contribution is -0.130. The van der Waals surface area contributed by atoms with Gasteiger partial charge in [-0.3, -0.25) is 14.6 Å². The highest BCUT2D eigenvalue weighted by atomic mass is 19.1. The second-order valence-corrected chi connectivity index (χ2v) is 11.7. The van der Waals surface area contributed by atoms with E-state index < -0.39 is 5.82 Å². The first-order valence-corrected chi connectivity index (χ1v) is 14.2. The molecule has 2 fully saturated rings. The summed E-state index contributed by atoms with van der Waals surface area (Å²) in [5.74, 6) is 0.669. The van der Waals surface area contributed by atoms with Crippen LogP contribution in [-0.2, 0) is 11.2 Å². The van der Waals surface area contributed by atoms with E-state index in [-0.39, 0.29) is 17.9 Å². The number of likely N-dealkylation sites (tertiary alicyclic amines) is 2. The van der Waals surface area contributed by atoms with Gasteiger partial charge in [0.1, 0.15) is 5.82 Å². The minimum Gasteiger partial charge on any atom is -0.350 e. The predicted octanol–water partition coefficient (Wildman–Crippen LogP) is 4.73. The minimum atomic E-state index is -0.434. The fraction of sp³-hybridized carbons (Fsp3) is 0.516. The number of fused-ring (bicyclic) bond motifs is 1. The lowest BCUT2D eigenvalue weighted by Gasteiger charge is -2.33. The Labute approximate surface area is 230 Å². The molecule has 3 aromatic rings. The van der Waals surface area contributed by atoms with Crippen LogP contribution in [0, 0.1) is 24.6 Å². The van der Waals surface area contributed by atoms with Gasteiger partial charge in [-0.1, -0.05) is 0 Å². The Morgan fingerprint density at radius 1 is 1.10 bits per heavy atom. The number of carbonyl (C=O) groups excluding carboxylic acids is 2. The van der Waals surface area contributed by atoms with Crippen LogP contribution >= 0.6 is 0 Å². The van der Waals surface area contributed by atoms with E-state index in [1.165, 1.54) is 23.1 Å². The Bertz CT molecular complexity index is 1360. The SMILES string of the molecule is CC(=O)N1CCC(CN2CC[C@@H](Cc3cn(-c4ccc(F)cc4C(=O)NC(C)C)c4cncc(C)c34)C2)CC1. The Morgan fingerprint density at radius 3 is 2.56 bits per heavy atom. The molecule has 0 radical (unpaired) electrons. The number of rotatable bonds is 7. The number of pyridine rings is 1. The second kappa shape index (κ2) is 11.5. The third-order valence-corrected chi connectivity index (χ3v) is 8.32. The highest BCUT2D eigenvalue weighted by Gasteiger charge is 2.29. The van der Waals surface area contributed by atoms with Gasteiger partial charge in [-0.25, -0.2) is 4.39 Å². The molecule has 2 aliphatic rings. The first-order chi connectivity index (χ1) is 18.7. The zero-order valence-corrected chi connectivity index (χ0v) is 23.5. The highest BCUT2D eigenvalue weighted by Crippen LogP contribution is 2.33. The summed E-state index contributed by atoms with van der Waals surface area (Å²) >= 11 is 0. The van der Waals surface area contributed by atoms with Gasteiger partial charge in [-0.15, -0.1) is 0 Å². The van der Waals surface area contributed by atoms with Gasteiger partial charge in [0.25, 0.3) is 5.91 Å². The first-order valence-electron chi connectivity index (χ1n) is 14.2. The van der Waals surface area contributed by atoms with Crippen LogP contribution in [0.2, 0.25) is 0 Å². The summed E-state index contributed by atoms with van der Waals surface area (Å²) in [6.45, 7) is 12.6. The number of benzene rings is 1. The number of nitrogens with zero attached hydrogens (tertiary/aromatic N) is 4. The van der Waals surface area contributed by atoms with Crippen LogP contribution in [0.5, 0.6) is 0 Å². The van der Waals surface area contributed by atoms with Crippen LogP contribution in [0.3, 0.4) is 0 Å². The van der Waals surface area contributed by atoms with Crippen molar-refractivity contribution in [1.29, 1.82) is 0 Å². The molecule has 39 heavy (non-hydrogen) atoms. The Balaban J connectivity index is 1.36. The van der Waals surface area contributed by atoms with Crippen LogP contribution in [0.4, 0.5) is 4.39 Å². The summed E-state index contributed by atoms with van der Waals surface area (Å²) in [6.07, 6.45) is 10.1. The third kappa shape index (κ3) is 6.01. The lowest BCUT2D eigenvalue weighted by Crippen LogP contribution is -2.40. The van der Waals surface area contributed by atoms with Crippen molar-refractivity contribution in [2.75, 3.05) is 32.7 Å². The van der Waals surface area contributed by atoms with E-state index in [4.69, 9.17) is 0 Å². The van der Waals surface area contributed by atoms with E-state index in [2.05, 4.69) is 28.3 Å². The third-order valence-electron chi connectivity index (χ3n) is 8.32. The fourth-order valence-corrected chi connectivity index (χ4v) is 6.39. The number of hydrogen-bond acceptors (Lipinski definition) is 4. The van der Waals surface area contributed by atoms with Gasteiger partial charge >= 0.3 is 0 Å². The molecule has 1 N–H and O–H groups in total. The molecule has 2 aromatic heterocycles. The molecule has 0 spiro atoms. The molecule has 2 amide bonds. The number of amides is 2. The predicted molar refractivity (Wildman–Crippen MR) is 152 cm³/mol. The van der Waals surface area contributed by atoms with Crippen LogP contribution in [0.25, 0.3) is 16.6 Å². The summed E-state index contributed by atoms with van der Waals surface area (Å²) in [6, 6.07) is 4.36. The molecular weight excluding hydrogens is 493 g/mol. The average Bonchev–Trinajstić information content (AvgIpc) is 3.49. The van der Waals surface area contributed by atoms with Gasteiger partial charge < -0.3 is 19.7 Å². The van der Waals surface area contributed by atoms with Gasteiger partial charge in [-0.2, -0.15) is 0 Å². The summed E-state index contributed by atoms with van der Waals surface area (Å²) < 4.78 is 16.3. The number of aryl methyl sites for hydroxylation is 1. The molecule has 4 heterocycles. The highest BCUT2D eigenvalue weighted by molar-refractivity contribution is 5.99. The molecule has 5 rings (SSSR count).